The highest BCUT2D eigenvalue weighted by atomic mass is 16.5. The molecule has 0 unspecified atom stereocenters. The van der Waals surface area contributed by atoms with Gasteiger partial charge in [0.1, 0.15) is 11.8 Å². The van der Waals surface area contributed by atoms with Crippen molar-refractivity contribution in [2.75, 3.05) is 18.5 Å². The van der Waals surface area contributed by atoms with Gasteiger partial charge in [-0.15, -0.1) is 0 Å². The zero-order chi connectivity index (χ0) is 17.2. The number of nitrogens with two attached hydrogens (primary N) is 1. The number of phenols is 1. The Morgan fingerprint density at radius 2 is 2.04 bits per heavy atom. The largest absolute Gasteiger partial charge is 0.544 e. The van der Waals surface area contributed by atoms with E-state index in [1.54, 1.807) is 17.4 Å². The lowest BCUT2D eigenvalue weighted by Gasteiger charge is -2.17. The molecule has 4 N–H and O–H groups in total. The number of rotatable bonds is 10. The molecule has 128 valence electrons. The number of carbonyl (C=O) groups excluding carboxylic acids is 2. The average Bonchev–Trinajstić information content (AvgIpc) is 2.47. The summed E-state index contributed by atoms with van der Waals surface area (Å²) in [6.07, 6.45) is 0.585. The summed E-state index contributed by atoms with van der Waals surface area (Å²) >= 11 is 0. The minimum Gasteiger partial charge on any atom is -0.544 e. The number of aliphatic carboxylic acids is 1. The van der Waals surface area contributed by atoms with Crippen molar-refractivity contribution >= 4 is 17.6 Å². The Labute approximate surface area is 135 Å². The normalized spacial score (nSPS) is 12.1. The van der Waals surface area contributed by atoms with E-state index in [0.29, 0.717) is 19.6 Å². The van der Waals surface area contributed by atoms with Crippen molar-refractivity contribution in [3.63, 3.8) is 0 Å². The van der Waals surface area contributed by atoms with E-state index >= 15 is 0 Å². The van der Waals surface area contributed by atoms with Gasteiger partial charge >= 0.3 is 0 Å². The highest BCUT2D eigenvalue weighted by Gasteiger charge is 2.18. The summed E-state index contributed by atoms with van der Waals surface area (Å²) in [6.45, 7) is 4.92. The molecular formula is C16H24N2O5. The van der Waals surface area contributed by atoms with E-state index in [9.17, 15) is 19.8 Å². The summed E-state index contributed by atoms with van der Waals surface area (Å²) in [5.41, 5.74) is 0.250. The number of para-hydroxylation sites is 2. The minimum atomic E-state index is -1.29. The summed E-state index contributed by atoms with van der Waals surface area (Å²) in [4.78, 5) is 23.0. The number of carboxylic acids is 1. The Morgan fingerprint density at radius 1 is 1.35 bits per heavy atom. The van der Waals surface area contributed by atoms with Crippen LogP contribution in [0, 0.1) is 0 Å². The number of phenolic OH excluding ortho intramolecular Hbond substituents is 1. The molecule has 0 aliphatic rings. The zero-order valence-electron chi connectivity index (χ0n) is 13.5. The first-order valence-electron chi connectivity index (χ1n) is 7.63. The molecule has 7 heteroatoms. The molecule has 1 rings (SSSR count). The van der Waals surface area contributed by atoms with Crippen LogP contribution in [0.25, 0.3) is 0 Å². The van der Waals surface area contributed by atoms with E-state index in [4.69, 9.17) is 4.74 Å². The van der Waals surface area contributed by atoms with Crippen molar-refractivity contribution in [3.8, 4) is 5.75 Å². The summed E-state index contributed by atoms with van der Waals surface area (Å²) in [6, 6.07) is 5.29. The highest BCUT2D eigenvalue weighted by Crippen LogP contribution is 2.21. The second kappa shape index (κ2) is 9.81. The van der Waals surface area contributed by atoms with Crippen LogP contribution in [0.5, 0.6) is 5.75 Å². The Kier molecular flexibility index (Phi) is 8.07. The predicted molar refractivity (Wildman–Crippen MR) is 82.6 cm³/mol. The first-order chi connectivity index (χ1) is 10.9. The number of ether oxygens (including phenoxy) is 1. The first-order valence-corrected chi connectivity index (χ1v) is 7.63. The lowest BCUT2D eigenvalue weighted by Crippen LogP contribution is -2.93. The van der Waals surface area contributed by atoms with Crippen molar-refractivity contribution in [2.45, 2.75) is 38.8 Å². The van der Waals surface area contributed by atoms with E-state index in [2.05, 4.69) is 5.32 Å². The Morgan fingerprint density at radius 3 is 2.65 bits per heavy atom. The lowest BCUT2D eigenvalue weighted by atomic mass is 10.2. The van der Waals surface area contributed by atoms with Gasteiger partial charge < -0.3 is 30.4 Å². The summed E-state index contributed by atoms with van der Waals surface area (Å²) in [5, 5.41) is 24.8. The number of quaternary nitrogens is 1. The third kappa shape index (κ3) is 7.62. The number of hydrogen-bond acceptors (Lipinski definition) is 5. The quantitative estimate of drug-likeness (QED) is 0.386. The molecule has 0 aliphatic carbocycles. The molecule has 1 aromatic carbocycles. The molecular weight excluding hydrogens is 300 g/mol. The fraction of sp³-hybridized carbons (Fsp3) is 0.500. The molecule has 0 heterocycles. The molecule has 0 aliphatic heterocycles. The summed E-state index contributed by atoms with van der Waals surface area (Å²) in [7, 11) is 0. The van der Waals surface area contributed by atoms with E-state index in [0.717, 1.165) is 0 Å². The van der Waals surface area contributed by atoms with Gasteiger partial charge in [0.15, 0.2) is 0 Å². The molecule has 7 nitrogen and oxygen atoms in total. The topological polar surface area (TPSA) is 115 Å². The molecule has 0 radical (unpaired) electrons. The van der Waals surface area contributed by atoms with Crippen LogP contribution in [0.1, 0.15) is 26.7 Å². The standard InChI is InChI=1S/C16H24N2O5/c1-11(2)23-9-5-8-17-13(16(21)22)10-15(20)18-12-6-3-4-7-14(12)19/h3-4,6-7,11,13,17,19H,5,8-10H2,1-2H3,(H,18,20)(H,21,22)/t13-/m1/s1. The molecule has 0 fully saturated rings. The van der Waals surface area contributed by atoms with Crippen LogP contribution in [0.4, 0.5) is 5.69 Å². The number of anilines is 1. The number of aromatic hydroxyl groups is 1. The van der Waals surface area contributed by atoms with Gasteiger partial charge in [-0.2, -0.15) is 0 Å². The fourth-order valence-electron chi connectivity index (χ4n) is 1.96. The maximum absolute atomic E-state index is 11.9. The van der Waals surface area contributed by atoms with Gasteiger partial charge in [-0.1, -0.05) is 12.1 Å². The van der Waals surface area contributed by atoms with Gasteiger partial charge in [0.05, 0.1) is 37.3 Å². The van der Waals surface area contributed by atoms with Crippen molar-refractivity contribution < 1.29 is 29.9 Å². The minimum absolute atomic E-state index is 0.0688. The van der Waals surface area contributed by atoms with E-state index in [-0.39, 0.29) is 24.0 Å². The lowest BCUT2D eigenvalue weighted by molar-refractivity contribution is -0.682. The van der Waals surface area contributed by atoms with Crippen LogP contribution in [0.15, 0.2) is 24.3 Å². The maximum Gasteiger partial charge on any atom is 0.230 e. The molecule has 23 heavy (non-hydrogen) atoms. The van der Waals surface area contributed by atoms with E-state index in [1.807, 2.05) is 13.8 Å². The van der Waals surface area contributed by atoms with Crippen molar-refractivity contribution in [1.29, 1.82) is 0 Å². The SMILES string of the molecule is CC(C)OCCC[NH2+][C@H](CC(=O)Nc1ccccc1O)C(=O)[O-]. The molecule has 0 saturated heterocycles. The van der Waals surface area contributed by atoms with Gasteiger partial charge in [0.2, 0.25) is 5.91 Å². The van der Waals surface area contributed by atoms with E-state index in [1.165, 1.54) is 12.1 Å². The summed E-state index contributed by atoms with van der Waals surface area (Å²) < 4.78 is 5.37. The van der Waals surface area contributed by atoms with Crippen molar-refractivity contribution in [2.24, 2.45) is 0 Å². The van der Waals surface area contributed by atoms with Gasteiger partial charge in [-0.05, 0) is 26.0 Å². The number of amides is 1. The monoisotopic (exact) mass is 324 g/mol. The Bertz CT molecular complexity index is 519. The van der Waals surface area contributed by atoms with E-state index < -0.39 is 17.9 Å². The number of carbonyl (C=O) groups is 2. The molecule has 0 aromatic heterocycles. The van der Waals surface area contributed by atoms with Crippen LogP contribution < -0.4 is 15.7 Å². The third-order valence-electron chi connectivity index (χ3n) is 3.14. The smallest absolute Gasteiger partial charge is 0.230 e. The van der Waals surface area contributed by atoms with Crippen LogP contribution >= 0.6 is 0 Å². The Hall–Kier alpha value is -2.12. The third-order valence-corrected chi connectivity index (χ3v) is 3.14. The predicted octanol–water partition coefficient (Wildman–Crippen LogP) is -0.782. The second-order valence-electron chi connectivity index (χ2n) is 5.49. The number of carboxylic acid groups (broad SMARTS) is 1. The van der Waals surface area contributed by atoms with Crippen LogP contribution in [0.2, 0.25) is 0 Å². The fourth-order valence-corrected chi connectivity index (χ4v) is 1.96. The molecule has 0 spiro atoms. The number of benzene rings is 1. The van der Waals surface area contributed by atoms with Gasteiger partial charge in [-0.3, -0.25) is 4.79 Å². The highest BCUT2D eigenvalue weighted by molar-refractivity contribution is 5.94. The number of hydrogen-bond donors (Lipinski definition) is 3. The van der Waals surface area contributed by atoms with Crippen LogP contribution in [-0.4, -0.2) is 42.3 Å². The average molecular weight is 324 g/mol. The van der Waals surface area contributed by atoms with Crippen LogP contribution in [0.3, 0.4) is 0 Å². The molecule has 1 atom stereocenters. The maximum atomic E-state index is 11.9. The molecule has 1 aromatic rings. The second-order valence-corrected chi connectivity index (χ2v) is 5.49. The number of nitrogens with one attached hydrogen (secondary N) is 1. The van der Waals surface area contributed by atoms with Gasteiger partial charge in [-0.25, -0.2) is 0 Å². The molecule has 1 amide bonds. The summed E-state index contributed by atoms with van der Waals surface area (Å²) in [5.74, 6) is -1.85. The molecule has 0 saturated carbocycles. The van der Waals surface area contributed by atoms with Crippen molar-refractivity contribution in [1.82, 2.24) is 0 Å². The Balaban J connectivity index is 2.41. The first kappa shape index (κ1) is 18.9. The molecule has 0 bridgehead atoms. The van der Waals surface area contributed by atoms with Gasteiger partial charge in [0, 0.05) is 6.42 Å². The van der Waals surface area contributed by atoms with Crippen molar-refractivity contribution in [3.05, 3.63) is 24.3 Å². The zero-order valence-corrected chi connectivity index (χ0v) is 13.5. The van der Waals surface area contributed by atoms with Crippen LogP contribution in [-0.2, 0) is 14.3 Å². The van der Waals surface area contributed by atoms with Gasteiger partial charge in [0.25, 0.3) is 0 Å².